The minimum absolute atomic E-state index is 0.181. The normalized spacial score (nSPS) is 15.2. The molecule has 1 aliphatic rings. The molecule has 0 atom stereocenters. The van der Waals surface area contributed by atoms with E-state index < -0.39 is 0 Å². The molecule has 0 bridgehead atoms. The second kappa shape index (κ2) is 5.04. The van der Waals surface area contributed by atoms with Gasteiger partial charge in [0.15, 0.2) is 0 Å². The van der Waals surface area contributed by atoms with E-state index in [0.29, 0.717) is 6.54 Å². The molecule has 2 aromatic carbocycles. The summed E-state index contributed by atoms with van der Waals surface area (Å²) in [5.41, 5.74) is 3.18. The van der Waals surface area contributed by atoms with Crippen molar-refractivity contribution < 1.29 is 4.79 Å². The molecular weight excluding hydrogens is 280 g/mol. The van der Waals surface area contributed by atoms with Crippen LogP contribution in [-0.4, -0.2) is 27.4 Å². The zero-order valence-electron chi connectivity index (χ0n) is 11.5. The van der Waals surface area contributed by atoms with E-state index >= 15 is 0 Å². The third-order valence-electron chi connectivity index (χ3n) is 3.89. The summed E-state index contributed by atoms with van der Waals surface area (Å²) in [6.45, 7) is 1.49. The number of hydrogen-bond acceptors (Lipinski definition) is 3. The van der Waals surface area contributed by atoms with E-state index in [2.05, 4.69) is 12.1 Å². The topological polar surface area (TPSA) is 33.2 Å². The highest BCUT2D eigenvalue weighted by Gasteiger charge is 2.22. The van der Waals surface area contributed by atoms with Gasteiger partial charge >= 0.3 is 0 Å². The number of nitrogens with zero attached hydrogens (tertiary/aromatic N) is 2. The number of carbonyl (C=O) groups excluding carboxylic acids is 1. The van der Waals surface area contributed by atoms with Gasteiger partial charge in [0.25, 0.3) is 5.24 Å². The van der Waals surface area contributed by atoms with E-state index in [0.717, 1.165) is 34.1 Å². The molecule has 3 aromatic rings. The Bertz CT molecular complexity index is 792. The Morgan fingerprint density at radius 2 is 1.62 bits per heavy atom. The molecule has 0 radical (unpaired) electrons. The molecule has 0 spiro atoms. The fraction of sp³-hybridized carbons (Fsp3) is 0.176. The lowest BCUT2D eigenvalue weighted by atomic mass is 10.0. The number of rotatable bonds is 2. The molecule has 104 valence electrons. The maximum absolute atomic E-state index is 11.9. The SMILES string of the molecule is O=C1SCCN1Cc1c2ccccc2nc2ccccc12. The maximum Gasteiger partial charge on any atom is 0.282 e. The Morgan fingerprint density at radius 3 is 2.19 bits per heavy atom. The molecule has 0 unspecified atom stereocenters. The van der Waals surface area contributed by atoms with Crippen LogP contribution in [0.2, 0.25) is 0 Å². The van der Waals surface area contributed by atoms with E-state index in [4.69, 9.17) is 4.98 Å². The predicted molar refractivity (Wildman–Crippen MR) is 87.5 cm³/mol. The Balaban J connectivity index is 1.95. The van der Waals surface area contributed by atoms with Crippen molar-refractivity contribution in [2.75, 3.05) is 12.3 Å². The first-order valence-electron chi connectivity index (χ1n) is 7.01. The highest BCUT2D eigenvalue weighted by Crippen LogP contribution is 2.29. The molecule has 3 nitrogen and oxygen atoms in total. The van der Waals surface area contributed by atoms with Crippen molar-refractivity contribution in [3.8, 4) is 0 Å². The minimum atomic E-state index is 0.181. The summed E-state index contributed by atoms with van der Waals surface area (Å²) in [5.74, 6) is 0.889. The van der Waals surface area contributed by atoms with Gasteiger partial charge in [-0.2, -0.15) is 0 Å². The standard InChI is InChI=1S/C17H14N2OS/c20-17-19(9-10-21-17)11-14-12-5-1-3-7-15(12)18-16-8-4-2-6-13(14)16/h1-8H,9-11H2. The monoisotopic (exact) mass is 294 g/mol. The molecule has 1 aromatic heterocycles. The molecule has 1 saturated heterocycles. The van der Waals surface area contributed by atoms with Gasteiger partial charge in [0, 0.05) is 29.6 Å². The highest BCUT2D eigenvalue weighted by atomic mass is 32.2. The fourth-order valence-electron chi connectivity index (χ4n) is 2.86. The smallest absolute Gasteiger partial charge is 0.282 e. The van der Waals surface area contributed by atoms with Crippen LogP contribution in [0.1, 0.15) is 5.56 Å². The van der Waals surface area contributed by atoms with Gasteiger partial charge in [-0.25, -0.2) is 4.98 Å². The number of thioether (sulfide) groups is 1. The summed E-state index contributed by atoms with van der Waals surface area (Å²) >= 11 is 1.41. The second-order valence-electron chi connectivity index (χ2n) is 5.16. The van der Waals surface area contributed by atoms with Crippen molar-refractivity contribution in [3.63, 3.8) is 0 Å². The third kappa shape index (κ3) is 2.16. The molecule has 2 heterocycles. The van der Waals surface area contributed by atoms with Crippen LogP contribution in [0.3, 0.4) is 0 Å². The first-order chi connectivity index (χ1) is 10.3. The minimum Gasteiger partial charge on any atom is -0.328 e. The Morgan fingerprint density at radius 1 is 1.00 bits per heavy atom. The van der Waals surface area contributed by atoms with Crippen molar-refractivity contribution in [1.82, 2.24) is 9.88 Å². The number of fused-ring (bicyclic) bond motifs is 2. The number of benzene rings is 2. The van der Waals surface area contributed by atoms with E-state index in [9.17, 15) is 4.79 Å². The van der Waals surface area contributed by atoms with Crippen LogP contribution < -0.4 is 0 Å². The zero-order valence-corrected chi connectivity index (χ0v) is 12.3. The average Bonchev–Trinajstić information content (AvgIpc) is 2.92. The van der Waals surface area contributed by atoms with Crippen molar-refractivity contribution in [2.24, 2.45) is 0 Å². The molecule has 4 rings (SSSR count). The lowest BCUT2D eigenvalue weighted by Crippen LogP contribution is -2.22. The summed E-state index contributed by atoms with van der Waals surface area (Å²) in [6.07, 6.45) is 0. The highest BCUT2D eigenvalue weighted by molar-refractivity contribution is 8.13. The Labute approximate surface area is 127 Å². The summed E-state index contributed by atoms with van der Waals surface area (Å²) in [4.78, 5) is 18.6. The van der Waals surface area contributed by atoms with Gasteiger partial charge in [0.2, 0.25) is 0 Å². The fourth-order valence-corrected chi connectivity index (χ4v) is 3.68. The van der Waals surface area contributed by atoms with Crippen LogP contribution in [0.25, 0.3) is 21.8 Å². The lowest BCUT2D eigenvalue weighted by molar-refractivity contribution is 0.228. The van der Waals surface area contributed by atoms with Gasteiger partial charge in [-0.1, -0.05) is 48.2 Å². The summed E-state index contributed by atoms with van der Waals surface area (Å²) in [7, 11) is 0. The van der Waals surface area contributed by atoms with Crippen LogP contribution in [0.15, 0.2) is 48.5 Å². The number of amides is 1. The number of pyridine rings is 1. The number of aromatic nitrogens is 1. The van der Waals surface area contributed by atoms with Crippen LogP contribution in [-0.2, 0) is 6.54 Å². The number of hydrogen-bond donors (Lipinski definition) is 0. The maximum atomic E-state index is 11.9. The number of carbonyl (C=O) groups is 1. The van der Waals surface area contributed by atoms with Crippen LogP contribution in [0.5, 0.6) is 0 Å². The first-order valence-corrected chi connectivity index (χ1v) is 7.99. The summed E-state index contributed by atoms with van der Waals surface area (Å²) < 4.78 is 0. The van der Waals surface area contributed by atoms with Crippen LogP contribution in [0.4, 0.5) is 4.79 Å². The first kappa shape index (κ1) is 12.7. The van der Waals surface area contributed by atoms with Gasteiger partial charge in [0.05, 0.1) is 11.0 Å². The van der Waals surface area contributed by atoms with Gasteiger partial charge in [-0.15, -0.1) is 0 Å². The third-order valence-corrected chi connectivity index (χ3v) is 4.79. The number of para-hydroxylation sites is 2. The van der Waals surface area contributed by atoms with Gasteiger partial charge in [-0.05, 0) is 17.7 Å². The molecule has 4 heteroatoms. The van der Waals surface area contributed by atoms with Crippen molar-refractivity contribution >= 4 is 38.8 Å². The largest absolute Gasteiger partial charge is 0.328 e. The molecule has 1 aliphatic heterocycles. The summed E-state index contributed by atoms with van der Waals surface area (Å²) in [6, 6.07) is 16.3. The Hall–Kier alpha value is -2.07. The van der Waals surface area contributed by atoms with Gasteiger partial charge < -0.3 is 4.90 Å². The van der Waals surface area contributed by atoms with E-state index in [1.807, 2.05) is 41.3 Å². The molecule has 1 fully saturated rings. The van der Waals surface area contributed by atoms with Gasteiger partial charge in [-0.3, -0.25) is 4.79 Å². The molecular formula is C17H14N2OS. The Kier molecular flexibility index (Phi) is 3.04. The van der Waals surface area contributed by atoms with E-state index in [1.165, 1.54) is 17.3 Å². The van der Waals surface area contributed by atoms with E-state index in [-0.39, 0.29) is 5.24 Å². The van der Waals surface area contributed by atoms with Crippen LogP contribution >= 0.6 is 11.8 Å². The molecule has 0 saturated carbocycles. The van der Waals surface area contributed by atoms with Crippen molar-refractivity contribution in [1.29, 1.82) is 0 Å². The molecule has 1 amide bonds. The molecule has 0 aliphatic carbocycles. The van der Waals surface area contributed by atoms with Crippen LogP contribution in [0, 0.1) is 0 Å². The quantitative estimate of drug-likeness (QED) is 0.668. The average molecular weight is 294 g/mol. The molecule has 21 heavy (non-hydrogen) atoms. The lowest BCUT2D eigenvalue weighted by Gasteiger charge is -2.18. The van der Waals surface area contributed by atoms with Crippen molar-refractivity contribution in [2.45, 2.75) is 6.54 Å². The van der Waals surface area contributed by atoms with Gasteiger partial charge in [0.1, 0.15) is 0 Å². The predicted octanol–water partition coefficient (Wildman–Crippen LogP) is 4.06. The van der Waals surface area contributed by atoms with Crippen molar-refractivity contribution in [3.05, 3.63) is 54.1 Å². The van der Waals surface area contributed by atoms with E-state index in [1.54, 1.807) is 0 Å². The summed E-state index contributed by atoms with van der Waals surface area (Å²) in [5, 5.41) is 2.46. The zero-order chi connectivity index (χ0) is 14.2. The second-order valence-corrected chi connectivity index (χ2v) is 6.21. The molecule has 0 N–H and O–H groups in total.